The third-order valence-corrected chi connectivity index (χ3v) is 4.98. The fourth-order valence-corrected chi connectivity index (χ4v) is 4.01. The number of unbranched alkanes of at least 4 members (excludes halogenated alkanes) is 1. The Labute approximate surface area is 122 Å². The lowest BCUT2D eigenvalue weighted by Crippen LogP contribution is -2.20. The first kappa shape index (κ1) is 13.2. The largest absolute Gasteiger partial charge is 0.337 e. The van der Waals surface area contributed by atoms with E-state index in [2.05, 4.69) is 20.9 Å². The topological polar surface area (TPSA) is 29.9 Å². The van der Waals surface area contributed by atoms with Gasteiger partial charge >= 0.3 is 0 Å². The van der Waals surface area contributed by atoms with Crippen molar-refractivity contribution in [2.45, 2.75) is 38.3 Å². The molecule has 2 aromatic rings. The van der Waals surface area contributed by atoms with Crippen LogP contribution in [0, 0.1) is 0 Å². The molecule has 0 spiro atoms. The Hall–Kier alpha value is -0.840. The predicted octanol–water partition coefficient (Wildman–Crippen LogP) is 3.66. The summed E-state index contributed by atoms with van der Waals surface area (Å²) in [6.45, 7) is 2.13. The summed E-state index contributed by atoms with van der Waals surface area (Å²) >= 11 is 7.80. The molecule has 2 heterocycles. The van der Waals surface area contributed by atoms with Crippen molar-refractivity contribution in [2.24, 2.45) is 0 Å². The molecule has 0 aromatic carbocycles. The normalized spacial score (nSPS) is 17.8. The van der Waals surface area contributed by atoms with Gasteiger partial charge in [-0.05, 0) is 43.9 Å². The second kappa shape index (κ2) is 6.07. The number of hydrogen-bond acceptors (Lipinski definition) is 3. The molecule has 0 saturated carbocycles. The van der Waals surface area contributed by atoms with Crippen LogP contribution in [0.4, 0.5) is 0 Å². The van der Waals surface area contributed by atoms with Crippen LogP contribution in [-0.4, -0.2) is 16.1 Å². The second-order valence-electron chi connectivity index (χ2n) is 4.98. The van der Waals surface area contributed by atoms with Crippen LogP contribution in [0.1, 0.15) is 35.7 Å². The molecule has 0 bridgehead atoms. The van der Waals surface area contributed by atoms with Gasteiger partial charge in [0.05, 0.1) is 10.7 Å². The van der Waals surface area contributed by atoms with Crippen LogP contribution in [0.2, 0.25) is 4.34 Å². The summed E-state index contributed by atoms with van der Waals surface area (Å²) in [4.78, 5) is 5.52. The molecule has 0 fully saturated rings. The van der Waals surface area contributed by atoms with Crippen molar-refractivity contribution in [1.29, 1.82) is 0 Å². The lowest BCUT2D eigenvalue weighted by Gasteiger charge is -2.12. The number of hydrogen-bond donors (Lipinski definition) is 1. The number of rotatable bonds is 6. The third-order valence-electron chi connectivity index (χ3n) is 3.64. The first-order valence-corrected chi connectivity index (χ1v) is 7.99. The van der Waals surface area contributed by atoms with Crippen molar-refractivity contribution >= 4 is 22.9 Å². The van der Waals surface area contributed by atoms with Crippen molar-refractivity contribution in [3.8, 4) is 0 Å². The van der Waals surface area contributed by atoms with E-state index in [9.17, 15) is 0 Å². The number of aryl methyl sites for hydroxylation is 2. The zero-order valence-electron chi connectivity index (χ0n) is 10.8. The minimum absolute atomic E-state index is 0.520. The molecule has 19 heavy (non-hydrogen) atoms. The van der Waals surface area contributed by atoms with Gasteiger partial charge in [-0.3, -0.25) is 0 Å². The average molecular weight is 296 g/mol. The van der Waals surface area contributed by atoms with Gasteiger partial charge in [0.25, 0.3) is 0 Å². The van der Waals surface area contributed by atoms with Gasteiger partial charge in [-0.2, -0.15) is 0 Å². The Kier molecular flexibility index (Phi) is 4.21. The quantitative estimate of drug-likeness (QED) is 0.824. The van der Waals surface area contributed by atoms with Crippen molar-refractivity contribution in [3.63, 3.8) is 0 Å². The van der Waals surface area contributed by atoms with Gasteiger partial charge in [0.1, 0.15) is 0 Å². The highest BCUT2D eigenvalue weighted by Gasteiger charge is 2.24. The molecular formula is C14H18ClN3S. The van der Waals surface area contributed by atoms with Gasteiger partial charge in [-0.1, -0.05) is 11.6 Å². The Balaban J connectivity index is 1.39. The average Bonchev–Trinajstić information content (AvgIpc) is 3.07. The molecule has 3 nitrogen and oxygen atoms in total. The van der Waals surface area contributed by atoms with E-state index in [4.69, 9.17) is 11.6 Å². The second-order valence-corrected chi connectivity index (χ2v) is 6.75. The monoisotopic (exact) mass is 295 g/mol. The fourth-order valence-electron chi connectivity index (χ4n) is 2.66. The van der Waals surface area contributed by atoms with E-state index < -0.39 is 0 Å². The van der Waals surface area contributed by atoms with Gasteiger partial charge in [-0.15, -0.1) is 11.3 Å². The van der Waals surface area contributed by atoms with Gasteiger partial charge in [-0.25, -0.2) is 4.98 Å². The van der Waals surface area contributed by atoms with E-state index in [0.717, 1.165) is 17.4 Å². The first-order chi connectivity index (χ1) is 9.33. The Bertz CT molecular complexity index is 521. The highest BCUT2D eigenvalue weighted by molar-refractivity contribution is 7.16. The third kappa shape index (κ3) is 3.19. The SMILES string of the molecule is Clc1cc2c(s1)CCC2NCCCCn1ccnc1. The lowest BCUT2D eigenvalue weighted by atomic mass is 10.1. The van der Waals surface area contributed by atoms with Crippen molar-refractivity contribution in [2.75, 3.05) is 6.54 Å². The molecule has 102 valence electrons. The van der Waals surface area contributed by atoms with E-state index in [0.29, 0.717) is 6.04 Å². The number of nitrogens with one attached hydrogen (secondary N) is 1. The maximum Gasteiger partial charge on any atom is 0.0945 e. The zero-order valence-corrected chi connectivity index (χ0v) is 12.4. The van der Waals surface area contributed by atoms with Crippen LogP contribution < -0.4 is 5.32 Å². The van der Waals surface area contributed by atoms with Crippen LogP contribution in [0.5, 0.6) is 0 Å². The summed E-state index contributed by atoms with van der Waals surface area (Å²) in [6, 6.07) is 2.66. The number of nitrogens with zero attached hydrogens (tertiary/aromatic N) is 2. The number of halogens is 1. The van der Waals surface area contributed by atoms with E-state index in [1.54, 1.807) is 11.3 Å². The molecule has 2 aromatic heterocycles. The number of imidazole rings is 1. The molecule has 1 atom stereocenters. The molecule has 1 unspecified atom stereocenters. The standard InChI is InChI=1S/C14H18ClN3S/c15-14-9-11-12(3-4-13(11)19-14)17-5-1-2-7-18-8-6-16-10-18/h6,8-10,12,17H,1-5,7H2. The maximum atomic E-state index is 6.07. The van der Waals surface area contributed by atoms with Gasteiger partial charge in [0, 0.05) is 29.9 Å². The van der Waals surface area contributed by atoms with Crippen molar-refractivity contribution in [3.05, 3.63) is 39.6 Å². The zero-order chi connectivity index (χ0) is 13.1. The summed E-state index contributed by atoms with van der Waals surface area (Å²) in [7, 11) is 0. The molecule has 0 amide bonds. The molecule has 0 radical (unpaired) electrons. The lowest BCUT2D eigenvalue weighted by molar-refractivity contribution is 0.498. The van der Waals surface area contributed by atoms with E-state index in [-0.39, 0.29) is 0 Å². The Morgan fingerprint density at radius 2 is 2.42 bits per heavy atom. The van der Waals surface area contributed by atoms with E-state index in [1.165, 1.54) is 36.1 Å². The molecule has 5 heteroatoms. The molecule has 3 rings (SSSR count). The highest BCUT2D eigenvalue weighted by Crippen LogP contribution is 2.39. The van der Waals surface area contributed by atoms with E-state index in [1.807, 2.05) is 18.7 Å². The first-order valence-electron chi connectivity index (χ1n) is 6.80. The molecule has 1 aliphatic rings. The van der Waals surface area contributed by atoms with E-state index >= 15 is 0 Å². The minimum Gasteiger partial charge on any atom is -0.337 e. The van der Waals surface area contributed by atoms with Crippen molar-refractivity contribution < 1.29 is 0 Å². The van der Waals surface area contributed by atoms with Gasteiger partial charge < -0.3 is 9.88 Å². The highest BCUT2D eigenvalue weighted by atomic mass is 35.5. The summed E-state index contributed by atoms with van der Waals surface area (Å²) in [6.07, 6.45) is 10.5. The maximum absolute atomic E-state index is 6.07. The minimum atomic E-state index is 0.520. The Morgan fingerprint density at radius 1 is 1.47 bits per heavy atom. The number of thiophene rings is 1. The predicted molar refractivity (Wildman–Crippen MR) is 79.9 cm³/mol. The smallest absolute Gasteiger partial charge is 0.0945 e. The number of aromatic nitrogens is 2. The summed E-state index contributed by atoms with van der Waals surface area (Å²) < 4.78 is 3.06. The molecule has 0 saturated heterocycles. The Morgan fingerprint density at radius 3 is 3.26 bits per heavy atom. The molecule has 0 aliphatic heterocycles. The van der Waals surface area contributed by atoms with Gasteiger partial charge in [0.2, 0.25) is 0 Å². The van der Waals surface area contributed by atoms with Crippen LogP contribution in [0.3, 0.4) is 0 Å². The summed E-state index contributed by atoms with van der Waals surface area (Å²) in [5.41, 5.74) is 1.43. The van der Waals surface area contributed by atoms with Crippen LogP contribution >= 0.6 is 22.9 Å². The van der Waals surface area contributed by atoms with Gasteiger partial charge in [0.15, 0.2) is 0 Å². The molecule has 1 N–H and O–H groups in total. The van der Waals surface area contributed by atoms with Crippen molar-refractivity contribution in [1.82, 2.24) is 14.9 Å². The summed E-state index contributed by atoms with van der Waals surface area (Å²) in [5, 5.41) is 3.65. The van der Waals surface area contributed by atoms with Crippen LogP contribution in [-0.2, 0) is 13.0 Å². The van der Waals surface area contributed by atoms with Crippen LogP contribution in [0.15, 0.2) is 24.8 Å². The van der Waals surface area contributed by atoms with Crippen LogP contribution in [0.25, 0.3) is 0 Å². The fraction of sp³-hybridized carbons (Fsp3) is 0.500. The molecular weight excluding hydrogens is 278 g/mol. The molecule has 1 aliphatic carbocycles. The number of fused-ring (bicyclic) bond motifs is 1. The summed E-state index contributed by atoms with van der Waals surface area (Å²) in [5.74, 6) is 0.